The van der Waals surface area contributed by atoms with Crippen LogP contribution in [0.2, 0.25) is 0 Å². The van der Waals surface area contributed by atoms with E-state index in [0.717, 1.165) is 24.4 Å². The second-order valence-corrected chi connectivity index (χ2v) is 6.30. The maximum absolute atomic E-state index is 13.4. The zero-order chi connectivity index (χ0) is 15.6. The smallest absolute Gasteiger partial charge is 0.246 e. The summed E-state index contributed by atoms with van der Waals surface area (Å²) in [5, 5.41) is 11.3. The molecule has 1 aromatic carbocycles. The number of thiazole rings is 1. The van der Waals surface area contributed by atoms with Crippen LogP contribution in [-0.2, 0) is 0 Å². The molecule has 7 heteroatoms. The topological polar surface area (TPSA) is 54.8 Å². The highest BCUT2D eigenvalue weighted by atomic mass is 32.1. The second kappa shape index (κ2) is 6.00. The summed E-state index contributed by atoms with van der Waals surface area (Å²) in [4.78, 5) is 11.1. The van der Waals surface area contributed by atoms with Gasteiger partial charge in [0.1, 0.15) is 10.8 Å². The fourth-order valence-corrected chi connectivity index (χ4v) is 3.65. The van der Waals surface area contributed by atoms with Crippen molar-refractivity contribution in [2.75, 3.05) is 11.4 Å². The molecule has 5 nitrogen and oxygen atoms in total. The summed E-state index contributed by atoms with van der Waals surface area (Å²) in [5.74, 6) is 0.286. The summed E-state index contributed by atoms with van der Waals surface area (Å²) >= 11 is 1.64. The lowest BCUT2D eigenvalue weighted by Gasteiger charge is -2.22. The van der Waals surface area contributed by atoms with Crippen molar-refractivity contribution in [1.29, 1.82) is 0 Å². The molecule has 1 atom stereocenters. The fraction of sp³-hybridized carbons (Fsp3) is 0.250. The van der Waals surface area contributed by atoms with E-state index in [9.17, 15) is 4.39 Å². The van der Waals surface area contributed by atoms with Crippen LogP contribution in [0, 0.1) is 5.82 Å². The van der Waals surface area contributed by atoms with Crippen LogP contribution in [0.4, 0.5) is 10.3 Å². The zero-order valence-electron chi connectivity index (χ0n) is 12.3. The maximum atomic E-state index is 13.4. The van der Waals surface area contributed by atoms with E-state index in [1.54, 1.807) is 23.6 Å². The van der Waals surface area contributed by atoms with Gasteiger partial charge in [0.25, 0.3) is 0 Å². The lowest BCUT2D eigenvalue weighted by atomic mass is 10.1. The minimum absolute atomic E-state index is 0.194. The molecule has 4 rings (SSSR count). The molecule has 0 radical (unpaired) electrons. The van der Waals surface area contributed by atoms with Crippen molar-refractivity contribution in [1.82, 2.24) is 20.2 Å². The highest BCUT2D eigenvalue weighted by Crippen LogP contribution is 2.35. The predicted molar refractivity (Wildman–Crippen MR) is 86.7 cm³/mol. The third kappa shape index (κ3) is 2.79. The first-order valence-corrected chi connectivity index (χ1v) is 8.31. The molecule has 0 saturated carbocycles. The van der Waals surface area contributed by atoms with Gasteiger partial charge < -0.3 is 4.90 Å². The van der Waals surface area contributed by atoms with Gasteiger partial charge in [0.2, 0.25) is 5.95 Å². The van der Waals surface area contributed by atoms with Crippen molar-refractivity contribution < 1.29 is 4.39 Å². The number of benzene rings is 1. The van der Waals surface area contributed by atoms with E-state index >= 15 is 0 Å². The molecule has 0 bridgehead atoms. The molecule has 1 aliphatic rings. The first-order valence-electron chi connectivity index (χ1n) is 7.43. The van der Waals surface area contributed by atoms with Gasteiger partial charge in [-0.15, -0.1) is 16.4 Å². The second-order valence-electron chi connectivity index (χ2n) is 5.37. The summed E-state index contributed by atoms with van der Waals surface area (Å²) in [6.45, 7) is 0.874. The zero-order valence-corrected chi connectivity index (χ0v) is 13.1. The minimum Gasteiger partial charge on any atom is -0.330 e. The average Bonchev–Trinajstić information content (AvgIpc) is 3.26. The van der Waals surface area contributed by atoms with Gasteiger partial charge >= 0.3 is 0 Å². The maximum Gasteiger partial charge on any atom is 0.246 e. The van der Waals surface area contributed by atoms with Gasteiger partial charge in [0.15, 0.2) is 0 Å². The summed E-state index contributed by atoms with van der Waals surface area (Å²) in [6, 6.07) is 6.55. The molecule has 1 fully saturated rings. The Balaban J connectivity index is 1.68. The van der Waals surface area contributed by atoms with Crippen LogP contribution in [0.25, 0.3) is 11.3 Å². The number of nitrogens with zero attached hydrogens (tertiary/aromatic N) is 5. The van der Waals surface area contributed by atoms with Crippen LogP contribution >= 0.6 is 11.3 Å². The normalized spacial score (nSPS) is 17.6. The molecule has 3 heterocycles. The van der Waals surface area contributed by atoms with Crippen LogP contribution in [0.3, 0.4) is 0 Å². The van der Waals surface area contributed by atoms with Crippen molar-refractivity contribution in [2.24, 2.45) is 0 Å². The minimum atomic E-state index is -0.288. The predicted octanol–water partition coefficient (Wildman–Crippen LogP) is 3.48. The van der Waals surface area contributed by atoms with Gasteiger partial charge in [-0.2, -0.15) is 5.10 Å². The number of anilines is 1. The Bertz CT molecular complexity index is 808. The van der Waals surface area contributed by atoms with Crippen molar-refractivity contribution in [3.8, 4) is 11.3 Å². The van der Waals surface area contributed by atoms with Gasteiger partial charge in [0, 0.05) is 23.7 Å². The number of hydrogen-bond acceptors (Lipinski definition) is 6. The third-order valence-corrected chi connectivity index (χ3v) is 4.79. The molecule has 0 spiro atoms. The molecule has 0 N–H and O–H groups in total. The van der Waals surface area contributed by atoms with E-state index in [2.05, 4.69) is 25.1 Å². The Morgan fingerprint density at radius 3 is 3.09 bits per heavy atom. The number of hydrogen-bond donors (Lipinski definition) is 0. The molecule has 116 valence electrons. The Morgan fingerprint density at radius 2 is 2.26 bits per heavy atom. The first-order chi connectivity index (χ1) is 11.3. The lowest BCUT2D eigenvalue weighted by molar-refractivity contribution is 0.628. The van der Waals surface area contributed by atoms with Crippen LogP contribution in [0.5, 0.6) is 0 Å². The summed E-state index contributed by atoms with van der Waals surface area (Å²) in [7, 11) is 0. The van der Waals surface area contributed by atoms with Gasteiger partial charge in [-0.25, -0.2) is 14.4 Å². The molecule has 0 aliphatic carbocycles. The van der Waals surface area contributed by atoms with E-state index in [1.807, 2.05) is 17.6 Å². The fourth-order valence-electron chi connectivity index (χ4n) is 2.86. The molecule has 1 aliphatic heterocycles. The molecule has 2 aromatic heterocycles. The van der Waals surface area contributed by atoms with E-state index in [0.29, 0.717) is 17.2 Å². The standard InChI is InChI=1S/C16H14FN5S/c17-12-4-1-3-11(9-12)13-10-19-21-16(20-13)22-7-2-5-14(22)15-18-6-8-23-15/h1,3-4,6,8-10,14H,2,5,7H2/t14-/m1/s1. The molecule has 3 aromatic rings. The Hall–Kier alpha value is -2.41. The Morgan fingerprint density at radius 1 is 1.30 bits per heavy atom. The van der Waals surface area contributed by atoms with Crippen molar-refractivity contribution in [3.63, 3.8) is 0 Å². The van der Waals surface area contributed by atoms with Crippen LogP contribution in [-0.4, -0.2) is 26.7 Å². The average molecular weight is 327 g/mol. The monoisotopic (exact) mass is 327 g/mol. The molecular weight excluding hydrogens is 313 g/mol. The molecule has 1 saturated heterocycles. The molecular formula is C16H14FN5S. The van der Waals surface area contributed by atoms with Crippen LogP contribution in [0.1, 0.15) is 23.9 Å². The van der Waals surface area contributed by atoms with Crippen molar-refractivity contribution in [3.05, 3.63) is 52.9 Å². The highest BCUT2D eigenvalue weighted by molar-refractivity contribution is 7.09. The summed E-state index contributed by atoms with van der Waals surface area (Å²) < 4.78 is 13.4. The lowest BCUT2D eigenvalue weighted by Crippen LogP contribution is -2.25. The van der Waals surface area contributed by atoms with Gasteiger partial charge in [0.05, 0.1) is 17.9 Å². The van der Waals surface area contributed by atoms with Crippen molar-refractivity contribution >= 4 is 17.3 Å². The van der Waals surface area contributed by atoms with E-state index in [-0.39, 0.29) is 11.9 Å². The number of rotatable bonds is 3. The number of aromatic nitrogens is 4. The quantitative estimate of drug-likeness (QED) is 0.737. The third-order valence-electron chi connectivity index (χ3n) is 3.91. The summed E-state index contributed by atoms with van der Waals surface area (Å²) in [5.41, 5.74) is 1.32. The molecule has 0 amide bonds. The number of halogens is 1. The van der Waals surface area contributed by atoms with E-state index < -0.39 is 0 Å². The Kier molecular flexibility index (Phi) is 3.70. The van der Waals surface area contributed by atoms with Gasteiger partial charge in [-0.1, -0.05) is 12.1 Å². The first kappa shape index (κ1) is 14.2. The van der Waals surface area contributed by atoms with Crippen molar-refractivity contribution in [2.45, 2.75) is 18.9 Å². The van der Waals surface area contributed by atoms with Gasteiger partial charge in [-0.05, 0) is 25.0 Å². The highest BCUT2D eigenvalue weighted by Gasteiger charge is 2.30. The summed E-state index contributed by atoms with van der Waals surface area (Å²) in [6.07, 6.45) is 5.48. The van der Waals surface area contributed by atoms with Gasteiger partial charge in [-0.3, -0.25) is 0 Å². The Labute approximate surface area is 136 Å². The van der Waals surface area contributed by atoms with E-state index in [4.69, 9.17) is 0 Å². The largest absolute Gasteiger partial charge is 0.330 e. The van der Waals surface area contributed by atoms with E-state index in [1.165, 1.54) is 12.1 Å². The van der Waals surface area contributed by atoms with Crippen LogP contribution in [0.15, 0.2) is 42.0 Å². The molecule has 0 unspecified atom stereocenters. The SMILES string of the molecule is Fc1cccc(-c2cnnc(N3CCC[C@@H]3c3nccs3)n2)c1. The van der Waals surface area contributed by atoms with Crippen LogP contribution < -0.4 is 4.90 Å². The molecule has 23 heavy (non-hydrogen) atoms.